The van der Waals surface area contributed by atoms with Crippen LogP contribution < -0.4 is 0 Å². The summed E-state index contributed by atoms with van der Waals surface area (Å²) < 4.78 is 0. The molecule has 2 aromatic rings. The second-order valence-corrected chi connectivity index (χ2v) is 7.47. The first-order valence-corrected chi connectivity index (χ1v) is 9.13. The summed E-state index contributed by atoms with van der Waals surface area (Å²) >= 11 is 1.46. The third-order valence-electron chi connectivity index (χ3n) is 4.08. The standard InChI is InChI=1S/C20H21N3OS/c1-14-9-10-18(15(2)11-14)12-21-22-20-23(19(24)16(3)25-20)13-17-7-5-4-6-8-17/h4-12,16H,13H2,1-3H3/b21-12+,22-20+. The number of aryl methyl sites for hydroxylation is 2. The molecule has 0 saturated carbocycles. The number of hydrogen-bond donors (Lipinski definition) is 0. The van der Waals surface area contributed by atoms with Gasteiger partial charge in [0.2, 0.25) is 5.91 Å². The van der Waals surface area contributed by atoms with E-state index in [0.717, 1.165) is 16.7 Å². The van der Waals surface area contributed by atoms with Gasteiger partial charge in [-0.2, -0.15) is 5.10 Å². The summed E-state index contributed by atoms with van der Waals surface area (Å²) in [7, 11) is 0. The van der Waals surface area contributed by atoms with Gasteiger partial charge < -0.3 is 0 Å². The molecule has 4 nitrogen and oxygen atoms in total. The summed E-state index contributed by atoms with van der Waals surface area (Å²) in [6.45, 7) is 6.55. The number of amidine groups is 1. The first kappa shape index (κ1) is 17.4. The van der Waals surface area contributed by atoms with Crippen molar-refractivity contribution in [3.8, 4) is 0 Å². The van der Waals surface area contributed by atoms with Crippen molar-refractivity contribution in [1.82, 2.24) is 4.90 Å². The Morgan fingerprint density at radius 2 is 1.92 bits per heavy atom. The highest BCUT2D eigenvalue weighted by atomic mass is 32.2. The lowest BCUT2D eigenvalue weighted by atomic mass is 10.1. The Morgan fingerprint density at radius 3 is 2.64 bits per heavy atom. The number of benzene rings is 2. The number of nitrogens with zero attached hydrogens (tertiary/aromatic N) is 3. The first-order valence-electron chi connectivity index (χ1n) is 8.25. The average Bonchev–Trinajstić information content (AvgIpc) is 2.86. The number of thioether (sulfide) groups is 1. The molecule has 0 aliphatic carbocycles. The van der Waals surface area contributed by atoms with Crippen molar-refractivity contribution in [3.05, 3.63) is 70.8 Å². The van der Waals surface area contributed by atoms with Crippen LogP contribution in [0, 0.1) is 13.8 Å². The number of hydrogen-bond acceptors (Lipinski definition) is 4. The van der Waals surface area contributed by atoms with Gasteiger partial charge in [-0.1, -0.05) is 65.9 Å². The van der Waals surface area contributed by atoms with Crippen molar-refractivity contribution in [3.63, 3.8) is 0 Å². The third kappa shape index (κ3) is 4.17. The minimum Gasteiger partial charge on any atom is -0.284 e. The zero-order chi connectivity index (χ0) is 17.8. The van der Waals surface area contributed by atoms with E-state index in [0.29, 0.717) is 11.7 Å². The minimum absolute atomic E-state index is 0.0781. The summed E-state index contributed by atoms with van der Waals surface area (Å²) in [6.07, 6.45) is 1.75. The lowest BCUT2D eigenvalue weighted by molar-refractivity contribution is -0.126. The largest absolute Gasteiger partial charge is 0.284 e. The fraction of sp³-hybridized carbons (Fsp3) is 0.250. The molecule has 1 atom stereocenters. The Labute approximate surface area is 152 Å². The van der Waals surface area contributed by atoms with Gasteiger partial charge in [0.1, 0.15) is 0 Å². The maximum atomic E-state index is 12.4. The summed E-state index contributed by atoms with van der Waals surface area (Å²) in [6, 6.07) is 16.1. The Hall–Kier alpha value is -2.40. The van der Waals surface area contributed by atoms with E-state index in [1.54, 1.807) is 11.1 Å². The molecule has 2 aromatic carbocycles. The number of carbonyl (C=O) groups is 1. The zero-order valence-corrected chi connectivity index (χ0v) is 15.5. The molecule has 3 rings (SSSR count). The lowest BCUT2D eigenvalue weighted by Gasteiger charge is -2.15. The van der Waals surface area contributed by atoms with Gasteiger partial charge in [-0.25, -0.2) is 0 Å². The van der Waals surface area contributed by atoms with Crippen molar-refractivity contribution in [2.75, 3.05) is 0 Å². The normalized spacial score (nSPS) is 19.3. The van der Waals surface area contributed by atoms with Crippen LogP contribution in [0.2, 0.25) is 0 Å². The fourth-order valence-corrected chi connectivity index (χ4v) is 3.61. The molecule has 0 N–H and O–H groups in total. The Kier molecular flexibility index (Phi) is 5.34. The van der Waals surface area contributed by atoms with Gasteiger partial charge in [0.15, 0.2) is 5.17 Å². The summed E-state index contributed by atoms with van der Waals surface area (Å²) in [5.41, 5.74) is 4.50. The minimum atomic E-state index is -0.126. The molecule has 1 saturated heterocycles. The van der Waals surface area contributed by atoms with Crippen molar-refractivity contribution >= 4 is 29.1 Å². The van der Waals surface area contributed by atoms with Crippen LogP contribution >= 0.6 is 11.8 Å². The van der Waals surface area contributed by atoms with Crippen LogP contribution in [0.5, 0.6) is 0 Å². The maximum Gasteiger partial charge on any atom is 0.242 e. The summed E-state index contributed by atoms with van der Waals surface area (Å²) in [5, 5.41) is 9.07. The predicted octanol–water partition coefficient (Wildman–Crippen LogP) is 4.16. The van der Waals surface area contributed by atoms with Gasteiger partial charge in [0.25, 0.3) is 0 Å². The van der Waals surface area contributed by atoms with Crippen LogP contribution in [0.4, 0.5) is 0 Å². The highest BCUT2D eigenvalue weighted by Gasteiger charge is 2.35. The molecule has 1 fully saturated rings. The van der Waals surface area contributed by atoms with Crippen LogP contribution in [0.25, 0.3) is 0 Å². The second kappa shape index (κ2) is 7.66. The van der Waals surface area contributed by atoms with Gasteiger partial charge in [0, 0.05) is 0 Å². The van der Waals surface area contributed by atoms with Gasteiger partial charge in [-0.15, -0.1) is 5.10 Å². The molecule has 1 amide bonds. The predicted molar refractivity (Wildman–Crippen MR) is 105 cm³/mol. The van der Waals surface area contributed by atoms with Crippen LogP contribution in [0.1, 0.15) is 29.2 Å². The number of carbonyl (C=O) groups excluding carboxylic acids is 1. The van der Waals surface area contributed by atoms with Gasteiger partial charge >= 0.3 is 0 Å². The van der Waals surface area contributed by atoms with Crippen LogP contribution in [0.3, 0.4) is 0 Å². The van der Waals surface area contributed by atoms with E-state index in [-0.39, 0.29) is 11.2 Å². The van der Waals surface area contributed by atoms with E-state index >= 15 is 0 Å². The fourth-order valence-electron chi connectivity index (χ4n) is 2.69. The van der Waals surface area contributed by atoms with Gasteiger partial charge in [-0.3, -0.25) is 9.69 Å². The molecule has 0 bridgehead atoms. The van der Waals surface area contributed by atoms with E-state index in [2.05, 4.69) is 36.2 Å². The van der Waals surface area contributed by atoms with E-state index in [1.807, 2.05) is 43.3 Å². The van der Waals surface area contributed by atoms with E-state index in [1.165, 1.54) is 17.3 Å². The molecule has 25 heavy (non-hydrogen) atoms. The summed E-state index contributed by atoms with van der Waals surface area (Å²) in [5.74, 6) is 0.0781. The first-order chi connectivity index (χ1) is 12.0. The van der Waals surface area contributed by atoms with E-state index < -0.39 is 0 Å². The molecule has 0 spiro atoms. The average molecular weight is 351 g/mol. The third-order valence-corrected chi connectivity index (χ3v) is 5.14. The monoisotopic (exact) mass is 351 g/mol. The molecular weight excluding hydrogens is 330 g/mol. The van der Waals surface area contributed by atoms with Crippen molar-refractivity contribution in [1.29, 1.82) is 0 Å². The van der Waals surface area contributed by atoms with Gasteiger partial charge in [0.05, 0.1) is 18.0 Å². The highest BCUT2D eigenvalue weighted by Crippen LogP contribution is 2.28. The Morgan fingerprint density at radius 1 is 1.16 bits per heavy atom. The molecule has 1 unspecified atom stereocenters. The molecule has 5 heteroatoms. The number of rotatable bonds is 4. The van der Waals surface area contributed by atoms with Crippen molar-refractivity contribution in [2.45, 2.75) is 32.6 Å². The Balaban J connectivity index is 1.79. The van der Waals surface area contributed by atoms with Crippen LogP contribution in [0.15, 0.2) is 58.7 Å². The molecule has 1 aliphatic rings. The van der Waals surface area contributed by atoms with E-state index in [9.17, 15) is 4.79 Å². The highest BCUT2D eigenvalue weighted by molar-refractivity contribution is 8.15. The van der Waals surface area contributed by atoms with Crippen LogP contribution in [-0.4, -0.2) is 27.4 Å². The molecular formula is C20H21N3OS. The quantitative estimate of drug-likeness (QED) is 0.613. The maximum absolute atomic E-state index is 12.4. The Bertz CT molecular complexity index is 830. The SMILES string of the molecule is Cc1ccc(/C=N/N=C2/SC(C)C(=O)N2Cc2ccccc2)c(C)c1. The molecule has 1 heterocycles. The topological polar surface area (TPSA) is 45.0 Å². The van der Waals surface area contributed by atoms with E-state index in [4.69, 9.17) is 0 Å². The van der Waals surface area contributed by atoms with Crippen molar-refractivity contribution in [2.24, 2.45) is 10.2 Å². The smallest absolute Gasteiger partial charge is 0.242 e. The molecule has 0 aromatic heterocycles. The second-order valence-electron chi connectivity index (χ2n) is 6.16. The molecule has 1 aliphatic heterocycles. The lowest BCUT2D eigenvalue weighted by Crippen LogP contribution is -2.30. The molecule has 0 radical (unpaired) electrons. The number of amides is 1. The van der Waals surface area contributed by atoms with Gasteiger partial charge in [-0.05, 0) is 37.5 Å². The zero-order valence-electron chi connectivity index (χ0n) is 14.6. The molecule has 128 valence electrons. The summed E-state index contributed by atoms with van der Waals surface area (Å²) in [4.78, 5) is 14.1. The van der Waals surface area contributed by atoms with Crippen molar-refractivity contribution < 1.29 is 4.79 Å². The van der Waals surface area contributed by atoms with Crippen LogP contribution in [-0.2, 0) is 11.3 Å².